The van der Waals surface area contributed by atoms with E-state index in [1.54, 1.807) is 0 Å². The van der Waals surface area contributed by atoms with E-state index in [1.807, 2.05) is 0 Å². The molecule has 0 radical (unpaired) electrons. The Kier molecular flexibility index (Phi) is 2.82. The van der Waals surface area contributed by atoms with Gasteiger partial charge in [-0.3, -0.25) is 0 Å². The lowest BCUT2D eigenvalue weighted by Gasteiger charge is -2.33. The Morgan fingerprint density at radius 2 is 2.11 bits per heavy atom. The first kappa shape index (κ1) is 12.2. The minimum atomic E-state index is -0.613. The Morgan fingerprint density at radius 3 is 2.74 bits per heavy atom. The average Bonchev–Trinajstić information content (AvgIpc) is 2.79. The first-order valence-electron chi connectivity index (χ1n) is 6.13. The quantitative estimate of drug-likeness (QED) is 0.924. The molecule has 0 saturated heterocycles. The van der Waals surface area contributed by atoms with Crippen LogP contribution in [-0.2, 0) is 12.0 Å². The topological polar surface area (TPSA) is 64.9 Å². The van der Waals surface area contributed by atoms with E-state index in [2.05, 4.69) is 10.1 Å². The zero-order valence-electron chi connectivity index (χ0n) is 10.2. The zero-order chi connectivity index (χ0) is 13.5. The standard InChI is InChI=1S/C13H13F2N3O/c14-9-3-2-8(10(15)7-9)6-11-17-12(19-18-11)13(16)4-1-5-13/h2-3,7H,1,4-6,16H2. The van der Waals surface area contributed by atoms with Crippen LogP contribution < -0.4 is 5.73 Å². The third-order valence-electron chi connectivity index (χ3n) is 3.50. The van der Waals surface area contributed by atoms with Crippen molar-refractivity contribution in [1.82, 2.24) is 10.1 Å². The van der Waals surface area contributed by atoms with Crippen LogP contribution in [0.15, 0.2) is 22.7 Å². The number of nitrogens with zero attached hydrogens (tertiary/aromatic N) is 2. The van der Waals surface area contributed by atoms with Gasteiger partial charge in [-0.1, -0.05) is 11.2 Å². The van der Waals surface area contributed by atoms with E-state index in [0.717, 1.165) is 25.3 Å². The predicted octanol–water partition coefficient (Wildman–Crippen LogP) is 2.28. The lowest BCUT2D eigenvalue weighted by Crippen LogP contribution is -2.43. The van der Waals surface area contributed by atoms with Crippen LogP contribution in [0.5, 0.6) is 0 Å². The van der Waals surface area contributed by atoms with Gasteiger partial charge in [-0.05, 0) is 30.9 Å². The van der Waals surface area contributed by atoms with Gasteiger partial charge in [-0.25, -0.2) is 8.78 Å². The summed E-state index contributed by atoms with van der Waals surface area (Å²) in [5.74, 6) is -0.462. The smallest absolute Gasteiger partial charge is 0.246 e. The van der Waals surface area contributed by atoms with Crippen molar-refractivity contribution in [3.05, 3.63) is 47.1 Å². The Balaban J connectivity index is 1.80. The van der Waals surface area contributed by atoms with Gasteiger partial charge < -0.3 is 10.3 Å². The van der Waals surface area contributed by atoms with Gasteiger partial charge in [0.25, 0.3) is 0 Å². The Bertz CT molecular complexity index is 608. The Hall–Kier alpha value is -1.82. The summed E-state index contributed by atoms with van der Waals surface area (Å²) in [5, 5.41) is 3.80. The van der Waals surface area contributed by atoms with Gasteiger partial charge in [0.15, 0.2) is 5.82 Å². The lowest BCUT2D eigenvalue weighted by molar-refractivity contribution is 0.181. The highest BCUT2D eigenvalue weighted by molar-refractivity contribution is 5.22. The summed E-state index contributed by atoms with van der Waals surface area (Å²) in [5.41, 5.74) is 5.87. The summed E-state index contributed by atoms with van der Waals surface area (Å²) in [6.45, 7) is 0. The van der Waals surface area contributed by atoms with Crippen LogP contribution in [0.25, 0.3) is 0 Å². The van der Waals surface area contributed by atoms with Gasteiger partial charge >= 0.3 is 0 Å². The summed E-state index contributed by atoms with van der Waals surface area (Å²) in [7, 11) is 0. The highest BCUT2D eigenvalue weighted by atomic mass is 19.1. The van der Waals surface area contributed by atoms with Gasteiger partial charge in [0.2, 0.25) is 5.89 Å². The van der Waals surface area contributed by atoms with E-state index >= 15 is 0 Å². The summed E-state index contributed by atoms with van der Waals surface area (Å²) in [6.07, 6.45) is 2.84. The summed E-state index contributed by atoms with van der Waals surface area (Å²) < 4.78 is 31.4. The highest BCUT2D eigenvalue weighted by Crippen LogP contribution is 2.37. The number of rotatable bonds is 3. The number of benzene rings is 1. The van der Waals surface area contributed by atoms with Crippen LogP contribution >= 0.6 is 0 Å². The van der Waals surface area contributed by atoms with Gasteiger partial charge in [-0.15, -0.1) is 0 Å². The molecule has 0 unspecified atom stereocenters. The molecule has 2 N–H and O–H groups in total. The molecule has 100 valence electrons. The molecule has 1 aromatic heterocycles. The van der Waals surface area contributed by atoms with Crippen LogP contribution in [0.4, 0.5) is 8.78 Å². The van der Waals surface area contributed by atoms with Gasteiger partial charge in [0.1, 0.15) is 11.6 Å². The second-order valence-electron chi connectivity index (χ2n) is 4.94. The molecule has 1 fully saturated rings. The van der Waals surface area contributed by atoms with Crippen LogP contribution in [-0.4, -0.2) is 10.1 Å². The monoisotopic (exact) mass is 265 g/mol. The summed E-state index contributed by atoms with van der Waals surface area (Å²) in [4.78, 5) is 4.20. The normalized spacial score (nSPS) is 17.2. The van der Waals surface area contributed by atoms with Gasteiger partial charge in [0, 0.05) is 12.5 Å². The number of hydrogen-bond donors (Lipinski definition) is 1. The molecule has 0 aliphatic heterocycles. The maximum Gasteiger partial charge on any atom is 0.246 e. The van der Waals surface area contributed by atoms with Crippen molar-refractivity contribution in [3.63, 3.8) is 0 Å². The zero-order valence-corrected chi connectivity index (χ0v) is 10.2. The molecule has 3 rings (SSSR count). The van der Waals surface area contributed by atoms with Crippen molar-refractivity contribution >= 4 is 0 Å². The van der Waals surface area contributed by atoms with Crippen molar-refractivity contribution in [2.75, 3.05) is 0 Å². The number of aromatic nitrogens is 2. The number of nitrogens with two attached hydrogens (primary N) is 1. The SMILES string of the molecule is NC1(c2nc(Cc3ccc(F)cc3F)no2)CCC1. The lowest BCUT2D eigenvalue weighted by atomic mass is 9.78. The first-order chi connectivity index (χ1) is 9.07. The first-order valence-corrected chi connectivity index (χ1v) is 6.13. The Morgan fingerprint density at radius 1 is 1.32 bits per heavy atom. The third-order valence-corrected chi connectivity index (χ3v) is 3.50. The highest BCUT2D eigenvalue weighted by Gasteiger charge is 2.39. The maximum absolute atomic E-state index is 13.5. The molecule has 1 aliphatic carbocycles. The van der Waals surface area contributed by atoms with E-state index in [-0.39, 0.29) is 6.42 Å². The van der Waals surface area contributed by atoms with Crippen molar-refractivity contribution in [1.29, 1.82) is 0 Å². The fourth-order valence-electron chi connectivity index (χ4n) is 2.13. The van der Waals surface area contributed by atoms with E-state index in [9.17, 15) is 8.78 Å². The molecule has 1 saturated carbocycles. The van der Waals surface area contributed by atoms with Crippen molar-refractivity contribution in [2.24, 2.45) is 5.73 Å². The molecular weight excluding hydrogens is 252 g/mol. The molecule has 1 heterocycles. The predicted molar refractivity (Wildman–Crippen MR) is 63.2 cm³/mol. The van der Waals surface area contributed by atoms with Crippen molar-refractivity contribution < 1.29 is 13.3 Å². The molecule has 0 spiro atoms. The van der Waals surface area contributed by atoms with Crippen LogP contribution in [0.3, 0.4) is 0 Å². The third kappa shape index (κ3) is 2.23. The van der Waals surface area contributed by atoms with E-state index in [1.165, 1.54) is 12.1 Å². The molecule has 0 bridgehead atoms. The van der Waals surface area contributed by atoms with Crippen LogP contribution in [0.2, 0.25) is 0 Å². The van der Waals surface area contributed by atoms with E-state index < -0.39 is 17.2 Å². The fraction of sp³-hybridized carbons (Fsp3) is 0.385. The summed E-state index contributed by atoms with van der Waals surface area (Å²) >= 11 is 0. The molecule has 19 heavy (non-hydrogen) atoms. The van der Waals surface area contributed by atoms with E-state index in [4.69, 9.17) is 10.3 Å². The molecule has 6 heteroatoms. The Labute approximate surface area is 108 Å². The molecule has 0 amide bonds. The molecule has 1 aliphatic rings. The number of hydrogen-bond acceptors (Lipinski definition) is 4. The van der Waals surface area contributed by atoms with Crippen LogP contribution in [0.1, 0.15) is 36.5 Å². The largest absolute Gasteiger partial charge is 0.337 e. The van der Waals surface area contributed by atoms with Gasteiger partial charge in [-0.2, -0.15) is 4.98 Å². The minimum Gasteiger partial charge on any atom is -0.337 e. The molecule has 1 aromatic carbocycles. The second-order valence-corrected chi connectivity index (χ2v) is 4.94. The maximum atomic E-state index is 13.5. The molecule has 4 nitrogen and oxygen atoms in total. The van der Waals surface area contributed by atoms with Crippen LogP contribution in [0, 0.1) is 11.6 Å². The molecule has 2 aromatic rings. The molecule has 0 atom stereocenters. The van der Waals surface area contributed by atoms with Gasteiger partial charge in [0.05, 0.1) is 5.54 Å². The number of halogens is 2. The van der Waals surface area contributed by atoms with Crippen molar-refractivity contribution in [2.45, 2.75) is 31.2 Å². The van der Waals surface area contributed by atoms with Crippen molar-refractivity contribution in [3.8, 4) is 0 Å². The van der Waals surface area contributed by atoms with E-state index in [0.29, 0.717) is 17.3 Å². The minimum absolute atomic E-state index is 0.158. The average molecular weight is 265 g/mol. The fourth-order valence-corrected chi connectivity index (χ4v) is 2.13. The summed E-state index contributed by atoms with van der Waals surface area (Å²) in [6, 6.07) is 3.42. The second kappa shape index (κ2) is 4.38. The molecular formula is C13H13F2N3O.